The van der Waals surface area contributed by atoms with Crippen LogP contribution in [0.4, 0.5) is 5.69 Å². The van der Waals surface area contributed by atoms with Gasteiger partial charge >= 0.3 is 5.97 Å². The van der Waals surface area contributed by atoms with Gasteiger partial charge in [-0.3, -0.25) is 4.79 Å². The molecule has 1 aliphatic heterocycles. The van der Waals surface area contributed by atoms with Crippen molar-refractivity contribution in [2.24, 2.45) is 0 Å². The largest absolute Gasteiger partial charge is 0.489 e. The third-order valence-corrected chi connectivity index (χ3v) is 7.46. The van der Waals surface area contributed by atoms with E-state index in [-0.39, 0.29) is 22.4 Å². The van der Waals surface area contributed by atoms with Gasteiger partial charge in [-0.2, -0.15) is 4.31 Å². The molecule has 33 heavy (non-hydrogen) atoms. The SMILES string of the molecule is COC(=O)c1c(C)[nH]c(C(=O)Nc2cc(S(=O)(=O)N3CCCCC3)ccc2OC(C)C)c1C. The van der Waals surface area contributed by atoms with Crippen LogP contribution in [-0.4, -0.2) is 55.9 Å². The Balaban J connectivity index is 1.98. The van der Waals surface area contributed by atoms with E-state index in [0.717, 1.165) is 19.3 Å². The van der Waals surface area contributed by atoms with Gasteiger partial charge in [0.05, 0.1) is 29.4 Å². The number of aromatic nitrogens is 1. The Labute approximate surface area is 194 Å². The van der Waals surface area contributed by atoms with Gasteiger partial charge in [0.2, 0.25) is 10.0 Å². The Bertz CT molecular complexity index is 1150. The zero-order valence-electron chi connectivity index (χ0n) is 19.6. The number of nitrogens with zero attached hydrogens (tertiary/aromatic N) is 1. The summed E-state index contributed by atoms with van der Waals surface area (Å²) in [6.07, 6.45) is 2.47. The Hall–Kier alpha value is -2.85. The molecule has 0 unspecified atom stereocenters. The summed E-state index contributed by atoms with van der Waals surface area (Å²) >= 11 is 0. The molecule has 1 aliphatic rings. The fourth-order valence-electron chi connectivity index (χ4n) is 3.95. The zero-order chi connectivity index (χ0) is 24.3. The first kappa shape index (κ1) is 24.8. The number of ether oxygens (including phenoxy) is 2. The summed E-state index contributed by atoms with van der Waals surface area (Å²) in [6.45, 7) is 7.95. The highest BCUT2D eigenvalue weighted by atomic mass is 32.2. The molecule has 0 saturated carbocycles. The minimum atomic E-state index is -3.70. The van der Waals surface area contributed by atoms with Gasteiger partial charge in [0, 0.05) is 18.8 Å². The van der Waals surface area contributed by atoms with Crippen LogP contribution in [0.5, 0.6) is 5.75 Å². The second-order valence-electron chi connectivity index (χ2n) is 8.36. The third-order valence-electron chi connectivity index (χ3n) is 5.57. The molecule has 0 bridgehead atoms. The molecule has 2 heterocycles. The molecule has 1 aromatic heterocycles. The average Bonchev–Trinajstić information content (AvgIpc) is 3.08. The number of aromatic amines is 1. The maximum atomic E-state index is 13.2. The maximum absolute atomic E-state index is 13.2. The fourth-order valence-corrected chi connectivity index (χ4v) is 5.49. The summed E-state index contributed by atoms with van der Waals surface area (Å²) < 4.78 is 38.4. The van der Waals surface area contributed by atoms with E-state index < -0.39 is 21.9 Å². The summed E-state index contributed by atoms with van der Waals surface area (Å²) in [5.41, 5.74) is 1.67. The molecular formula is C23H31N3O6S. The number of carbonyl (C=O) groups excluding carboxylic acids is 2. The number of piperidine rings is 1. The van der Waals surface area contributed by atoms with E-state index in [1.54, 1.807) is 19.9 Å². The molecule has 0 radical (unpaired) electrons. The number of aryl methyl sites for hydroxylation is 1. The summed E-state index contributed by atoms with van der Waals surface area (Å²) in [5, 5.41) is 2.76. The first-order valence-corrected chi connectivity index (χ1v) is 12.4. The number of esters is 1. The minimum Gasteiger partial charge on any atom is -0.489 e. The second-order valence-corrected chi connectivity index (χ2v) is 10.3. The summed E-state index contributed by atoms with van der Waals surface area (Å²) in [4.78, 5) is 28.2. The van der Waals surface area contributed by atoms with E-state index in [0.29, 0.717) is 35.7 Å². The number of sulfonamides is 1. The van der Waals surface area contributed by atoms with Crippen LogP contribution in [0, 0.1) is 13.8 Å². The van der Waals surface area contributed by atoms with Crippen molar-refractivity contribution in [1.82, 2.24) is 9.29 Å². The van der Waals surface area contributed by atoms with Gasteiger partial charge in [-0.25, -0.2) is 13.2 Å². The summed E-state index contributed by atoms with van der Waals surface area (Å²) in [5.74, 6) is -0.712. The molecule has 1 aromatic carbocycles. The fraction of sp³-hybridized carbons (Fsp3) is 0.478. The number of carbonyl (C=O) groups is 2. The van der Waals surface area contributed by atoms with Gasteiger partial charge in [-0.05, 0) is 64.3 Å². The number of nitrogens with one attached hydrogen (secondary N) is 2. The predicted molar refractivity (Wildman–Crippen MR) is 124 cm³/mol. The Morgan fingerprint density at radius 2 is 1.79 bits per heavy atom. The molecule has 2 N–H and O–H groups in total. The molecule has 180 valence electrons. The molecule has 10 heteroatoms. The highest BCUT2D eigenvalue weighted by molar-refractivity contribution is 7.89. The monoisotopic (exact) mass is 477 g/mol. The lowest BCUT2D eigenvalue weighted by molar-refractivity contribution is 0.0599. The molecule has 1 saturated heterocycles. The summed E-state index contributed by atoms with van der Waals surface area (Å²) in [6, 6.07) is 4.47. The highest BCUT2D eigenvalue weighted by Gasteiger charge is 2.28. The number of amides is 1. The van der Waals surface area contributed by atoms with E-state index in [1.165, 1.54) is 23.5 Å². The Kier molecular flexibility index (Phi) is 7.48. The average molecular weight is 478 g/mol. The number of methoxy groups -OCH3 is 1. The lowest BCUT2D eigenvalue weighted by Crippen LogP contribution is -2.35. The number of benzene rings is 1. The van der Waals surface area contributed by atoms with E-state index in [1.807, 2.05) is 13.8 Å². The smallest absolute Gasteiger partial charge is 0.339 e. The molecule has 3 rings (SSSR count). The van der Waals surface area contributed by atoms with Crippen molar-refractivity contribution in [3.05, 3.63) is 40.7 Å². The molecule has 9 nitrogen and oxygen atoms in total. The third kappa shape index (κ3) is 5.22. The standard InChI is InChI=1S/C23H31N3O6S/c1-14(2)32-19-10-9-17(33(29,30)26-11-7-6-8-12-26)13-18(19)25-22(27)21-15(3)20(16(4)24-21)23(28)31-5/h9-10,13-14,24H,6-8,11-12H2,1-5H3,(H,25,27). The summed E-state index contributed by atoms with van der Waals surface area (Å²) in [7, 11) is -2.42. The lowest BCUT2D eigenvalue weighted by atomic mass is 10.1. The molecule has 1 amide bonds. The van der Waals surface area contributed by atoms with Crippen LogP contribution in [0.1, 0.15) is 65.2 Å². The van der Waals surface area contributed by atoms with Crippen LogP contribution in [0.2, 0.25) is 0 Å². The van der Waals surface area contributed by atoms with Gasteiger partial charge in [0.25, 0.3) is 5.91 Å². The minimum absolute atomic E-state index is 0.0884. The van der Waals surface area contributed by atoms with Gasteiger partial charge in [0.15, 0.2) is 0 Å². The topological polar surface area (TPSA) is 118 Å². The molecule has 0 spiro atoms. The van der Waals surface area contributed by atoms with E-state index >= 15 is 0 Å². The van der Waals surface area contributed by atoms with E-state index in [4.69, 9.17) is 9.47 Å². The zero-order valence-corrected chi connectivity index (χ0v) is 20.5. The number of hydrogen-bond acceptors (Lipinski definition) is 6. The van der Waals surface area contributed by atoms with E-state index in [9.17, 15) is 18.0 Å². The first-order valence-electron chi connectivity index (χ1n) is 11.0. The molecule has 0 atom stereocenters. The van der Waals surface area contributed by atoms with Crippen LogP contribution < -0.4 is 10.1 Å². The highest BCUT2D eigenvalue weighted by Crippen LogP contribution is 2.32. The van der Waals surface area contributed by atoms with Gasteiger partial charge in [0.1, 0.15) is 11.4 Å². The van der Waals surface area contributed by atoms with Crippen molar-refractivity contribution in [2.75, 3.05) is 25.5 Å². The van der Waals surface area contributed by atoms with Crippen molar-refractivity contribution in [3.8, 4) is 5.75 Å². The maximum Gasteiger partial charge on any atom is 0.339 e. The van der Waals surface area contributed by atoms with Crippen molar-refractivity contribution in [1.29, 1.82) is 0 Å². The Morgan fingerprint density at radius 3 is 2.39 bits per heavy atom. The number of hydrogen-bond donors (Lipinski definition) is 2. The lowest BCUT2D eigenvalue weighted by Gasteiger charge is -2.26. The predicted octanol–water partition coefficient (Wildman–Crippen LogP) is 3.63. The molecule has 2 aromatic rings. The van der Waals surface area contributed by atoms with Crippen molar-refractivity contribution < 1.29 is 27.5 Å². The van der Waals surface area contributed by atoms with Crippen LogP contribution in [0.3, 0.4) is 0 Å². The van der Waals surface area contributed by atoms with Crippen molar-refractivity contribution >= 4 is 27.6 Å². The molecular weight excluding hydrogens is 446 g/mol. The van der Waals surface area contributed by atoms with Gasteiger partial charge in [-0.15, -0.1) is 0 Å². The number of anilines is 1. The van der Waals surface area contributed by atoms with Crippen LogP contribution in [0.15, 0.2) is 23.1 Å². The van der Waals surface area contributed by atoms with E-state index in [2.05, 4.69) is 10.3 Å². The van der Waals surface area contributed by atoms with Gasteiger partial charge in [-0.1, -0.05) is 6.42 Å². The molecule has 1 fully saturated rings. The molecule has 0 aliphatic carbocycles. The van der Waals surface area contributed by atoms with Crippen LogP contribution >= 0.6 is 0 Å². The van der Waals surface area contributed by atoms with Crippen molar-refractivity contribution in [2.45, 2.75) is 58.0 Å². The Morgan fingerprint density at radius 1 is 1.12 bits per heavy atom. The quantitative estimate of drug-likeness (QED) is 0.588. The van der Waals surface area contributed by atoms with Crippen LogP contribution in [-0.2, 0) is 14.8 Å². The van der Waals surface area contributed by atoms with Crippen LogP contribution in [0.25, 0.3) is 0 Å². The number of H-pyrrole nitrogens is 1. The van der Waals surface area contributed by atoms with Gasteiger partial charge < -0.3 is 19.8 Å². The normalized spacial score (nSPS) is 14.8. The number of rotatable bonds is 7. The second kappa shape index (κ2) is 9.96. The van der Waals surface area contributed by atoms with Crippen molar-refractivity contribution in [3.63, 3.8) is 0 Å². The first-order chi connectivity index (χ1) is 15.6.